The normalized spacial score (nSPS) is 28.4. The van der Waals surface area contributed by atoms with Gasteiger partial charge in [0.2, 0.25) is 23.6 Å². The molecule has 2 aliphatic heterocycles. The molecular formula is C25H30N4O4. The number of carbonyl (C=O) groups is 4. The van der Waals surface area contributed by atoms with Crippen molar-refractivity contribution in [2.45, 2.75) is 38.6 Å². The van der Waals surface area contributed by atoms with E-state index in [9.17, 15) is 19.2 Å². The minimum Gasteiger partial charge on any atom is -0.371 e. The maximum absolute atomic E-state index is 12.7. The van der Waals surface area contributed by atoms with Crippen molar-refractivity contribution in [3.05, 3.63) is 36.4 Å². The Morgan fingerprint density at radius 2 is 1.70 bits per heavy atom. The standard InChI is InChI=1S/C25H30N4O4/c1-15(11-20(30)27-18-5-4-6-19(13-18)28-9-2-3-10-28)26-21(31)14-29-24(32)22-16-7-8-17(12-16)23(22)25(29)33/h4-8,13,15-17,22-23H,2-3,9-12,14H2,1H3,(H,26,31)(H,27,30). The summed E-state index contributed by atoms with van der Waals surface area (Å²) in [7, 11) is 0. The molecule has 2 heterocycles. The number of hydrogen-bond donors (Lipinski definition) is 2. The Kier molecular flexibility index (Phi) is 5.68. The van der Waals surface area contributed by atoms with Crippen LogP contribution in [0.5, 0.6) is 0 Å². The minimum atomic E-state index is -0.426. The van der Waals surface area contributed by atoms with Gasteiger partial charge in [0.1, 0.15) is 6.54 Å². The lowest BCUT2D eigenvalue weighted by atomic mass is 9.85. The number of nitrogens with one attached hydrogen (secondary N) is 2. The fourth-order valence-corrected chi connectivity index (χ4v) is 5.88. The summed E-state index contributed by atoms with van der Waals surface area (Å²) in [6.45, 7) is 3.52. The van der Waals surface area contributed by atoms with Gasteiger partial charge in [0.05, 0.1) is 11.8 Å². The van der Waals surface area contributed by atoms with Gasteiger partial charge >= 0.3 is 0 Å². The van der Waals surface area contributed by atoms with Crippen molar-refractivity contribution in [1.82, 2.24) is 10.2 Å². The Hall–Kier alpha value is -3.16. The van der Waals surface area contributed by atoms with Gasteiger partial charge in [0.25, 0.3) is 0 Å². The van der Waals surface area contributed by atoms with Crippen LogP contribution in [-0.2, 0) is 19.2 Å². The van der Waals surface area contributed by atoms with Crippen LogP contribution in [0.4, 0.5) is 11.4 Å². The molecule has 2 bridgehead atoms. The molecule has 8 heteroatoms. The second-order valence-electron chi connectivity index (χ2n) is 9.73. The number of imide groups is 1. The van der Waals surface area contributed by atoms with E-state index in [1.165, 1.54) is 12.8 Å². The largest absolute Gasteiger partial charge is 0.371 e. The quantitative estimate of drug-likeness (QED) is 0.489. The zero-order chi connectivity index (χ0) is 23.1. The molecule has 8 nitrogen and oxygen atoms in total. The number of allylic oxidation sites excluding steroid dienone is 2. The van der Waals surface area contributed by atoms with Crippen molar-refractivity contribution in [2.24, 2.45) is 23.7 Å². The Morgan fingerprint density at radius 1 is 1.03 bits per heavy atom. The number of carbonyl (C=O) groups excluding carboxylic acids is 4. The van der Waals surface area contributed by atoms with E-state index in [0.29, 0.717) is 0 Å². The Morgan fingerprint density at radius 3 is 2.36 bits per heavy atom. The number of amides is 4. The highest BCUT2D eigenvalue weighted by Crippen LogP contribution is 2.52. The van der Waals surface area contributed by atoms with Crippen molar-refractivity contribution in [3.8, 4) is 0 Å². The summed E-state index contributed by atoms with van der Waals surface area (Å²) in [5.74, 6) is -1.47. The van der Waals surface area contributed by atoms with Gasteiger partial charge in [-0.15, -0.1) is 0 Å². The molecule has 3 fully saturated rings. The SMILES string of the molecule is CC(CC(=O)Nc1cccc(N2CCCC2)c1)NC(=O)CN1C(=O)C2C3C=CC(C3)C2C1=O. The first-order chi connectivity index (χ1) is 15.9. The van der Waals surface area contributed by atoms with E-state index in [2.05, 4.69) is 15.5 Å². The first kappa shape index (κ1) is 21.7. The topological polar surface area (TPSA) is 98.8 Å². The number of fused-ring (bicyclic) bond motifs is 5. The van der Waals surface area contributed by atoms with Crippen molar-refractivity contribution in [1.29, 1.82) is 0 Å². The average Bonchev–Trinajstić information content (AvgIpc) is 3.56. The fraction of sp³-hybridized carbons (Fsp3) is 0.520. The highest BCUT2D eigenvalue weighted by atomic mass is 16.2. The lowest BCUT2D eigenvalue weighted by Gasteiger charge is -2.20. The molecule has 174 valence electrons. The van der Waals surface area contributed by atoms with E-state index in [-0.39, 0.29) is 54.4 Å². The maximum atomic E-state index is 12.7. The summed E-state index contributed by atoms with van der Waals surface area (Å²) in [5, 5.41) is 5.65. The summed E-state index contributed by atoms with van der Waals surface area (Å²) < 4.78 is 0. The third-order valence-electron chi connectivity index (χ3n) is 7.36. The smallest absolute Gasteiger partial charge is 0.240 e. The summed E-state index contributed by atoms with van der Waals surface area (Å²) >= 11 is 0. The second kappa shape index (κ2) is 8.65. The van der Waals surface area contributed by atoms with Gasteiger partial charge in [0, 0.05) is 36.9 Å². The molecule has 1 saturated carbocycles. The van der Waals surface area contributed by atoms with Crippen LogP contribution in [0.15, 0.2) is 36.4 Å². The van der Waals surface area contributed by atoms with E-state index in [0.717, 1.165) is 35.8 Å². The Balaban J connectivity index is 1.11. The Labute approximate surface area is 193 Å². The third kappa shape index (κ3) is 4.14. The van der Waals surface area contributed by atoms with Crippen LogP contribution in [0, 0.1) is 23.7 Å². The maximum Gasteiger partial charge on any atom is 0.240 e. The molecule has 5 rings (SSSR count). The predicted molar refractivity (Wildman–Crippen MR) is 123 cm³/mol. The summed E-state index contributed by atoms with van der Waals surface area (Å²) in [6.07, 6.45) is 7.38. The van der Waals surface area contributed by atoms with Gasteiger partial charge in [-0.05, 0) is 56.2 Å². The lowest BCUT2D eigenvalue weighted by molar-refractivity contribution is -0.144. The van der Waals surface area contributed by atoms with E-state index in [1.807, 2.05) is 36.4 Å². The monoisotopic (exact) mass is 450 g/mol. The molecule has 4 aliphatic rings. The summed E-state index contributed by atoms with van der Waals surface area (Å²) in [6, 6.07) is 7.36. The van der Waals surface area contributed by atoms with Gasteiger partial charge < -0.3 is 15.5 Å². The van der Waals surface area contributed by atoms with Gasteiger partial charge in [-0.1, -0.05) is 18.2 Å². The van der Waals surface area contributed by atoms with E-state index in [1.54, 1.807) is 6.92 Å². The van der Waals surface area contributed by atoms with Crippen LogP contribution >= 0.6 is 0 Å². The van der Waals surface area contributed by atoms with E-state index < -0.39 is 11.9 Å². The molecule has 0 spiro atoms. The fourth-order valence-electron chi connectivity index (χ4n) is 5.88. The highest BCUT2D eigenvalue weighted by Gasteiger charge is 2.59. The van der Waals surface area contributed by atoms with Crippen LogP contribution in [0.1, 0.15) is 32.6 Å². The molecule has 5 atom stereocenters. The number of hydrogen-bond acceptors (Lipinski definition) is 5. The summed E-state index contributed by atoms with van der Waals surface area (Å²) in [5.41, 5.74) is 1.82. The molecule has 2 aliphatic carbocycles. The number of benzene rings is 1. The molecule has 5 unspecified atom stereocenters. The average molecular weight is 451 g/mol. The van der Waals surface area contributed by atoms with Gasteiger partial charge in [-0.3, -0.25) is 24.1 Å². The highest BCUT2D eigenvalue weighted by molar-refractivity contribution is 6.08. The van der Waals surface area contributed by atoms with Crippen LogP contribution in [0.2, 0.25) is 0 Å². The van der Waals surface area contributed by atoms with Crippen LogP contribution in [-0.4, -0.2) is 54.2 Å². The molecule has 1 aromatic carbocycles. The molecule has 2 N–H and O–H groups in total. The number of nitrogens with zero attached hydrogens (tertiary/aromatic N) is 2. The molecule has 2 saturated heterocycles. The molecular weight excluding hydrogens is 420 g/mol. The van der Waals surface area contributed by atoms with Crippen LogP contribution in [0.25, 0.3) is 0 Å². The molecule has 1 aromatic rings. The number of likely N-dealkylation sites (tertiary alicyclic amines) is 1. The zero-order valence-corrected chi connectivity index (χ0v) is 18.8. The molecule has 4 amide bonds. The van der Waals surface area contributed by atoms with Gasteiger partial charge in [-0.25, -0.2) is 0 Å². The molecule has 33 heavy (non-hydrogen) atoms. The van der Waals surface area contributed by atoms with E-state index >= 15 is 0 Å². The number of anilines is 2. The van der Waals surface area contributed by atoms with Crippen molar-refractivity contribution >= 4 is 35.0 Å². The van der Waals surface area contributed by atoms with E-state index in [4.69, 9.17) is 0 Å². The summed E-state index contributed by atoms with van der Waals surface area (Å²) in [4.78, 5) is 53.9. The van der Waals surface area contributed by atoms with Crippen molar-refractivity contribution < 1.29 is 19.2 Å². The van der Waals surface area contributed by atoms with Gasteiger partial charge in [0.15, 0.2) is 0 Å². The zero-order valence-electron chi connectivity index (χ0n) is 18.8. The molecule has 0 aromatic heterocycles. The minimum absolute atomic E-state index is 0.0981. The van der Waals surface area contributed by atoms with Crippen LogP contribution < -0.4 is 15.5 Å². The first-order valence-corrected chi connectivity index (χ1v) is 11.9. The third-order valence-corrected chi connectivity index (χ3v) is 7.36. The predicted octanol–water partition coefficient (Wildman–Crippen LogP) is 1.93. The Bertz CT molecular complexity index is 985. The van der Waals surface area contributed by atoms with Gasteiger partial charge in [-0.2, -0.15) is 0 Å². The lowest BCUT2D eigenvalue weighted by Crippen LogP contribution is -2.45. The second-order valence-corrected chi connectivity index (χ2v) is 9.73. The van der Waals surface area contributed by atoms with Crippen LogP contribution in [0.3, 0.4) is 0 Å². The number of rotatable bonds is 7. The first-order valence-electron chi connectivity index (χ1n) is 11.9. The van der Waals surface area contributed by atoms with Crippen molar-refractivity contribution in [3.63, 3.8) is 0 Å². The molecule has 0 radical (unpaired) electrons. The van der Waals surface area contributed by atoms with Crippen molar-refractivity contribution in [2.75, 3.05) is 29.9 Å².